The molecule has 12 atom stereocenters. The molecule has 9 N–H and O–H groups in total. The smallest absolute Gasteiger partial charge is 0.220 e. The maximum absolute atomic E-state index is 13.3. The summed E-state index contributed by atoms with van der Waals surface area (Å²) in [6, 6.07) is -0.976. The maximum atomic E-state index is 13.3. The number of unbranched alkanes of at least 4 members (excludes halogenated alkanes) is 17. The fourth-order valence-corrected chi connectivity index (χ4v) is 10.2. The Labute approximate surface area is 544 Å². The van der Waals surface area contributed by atoms with Gasteiger partial charge in [0, 0.05) is 6.42 Å². The van der Waals surface area contributed by atoms with Crippen molar-refractivity contribution < 1.29 is 64.6 Å². The van der Waals surface area contributed by atoms with Crippen molar-refractivity contribution in [3.63, 3.8) is 0 Å². The molecule has 1 amide bonds. The van der Waals surface area contributed by atoms with Crippen LogP contribution in [0.4, 0.5) is 0 Å². The number of aliphatic hydroxyl groups is 8. The van der Waals surface area contributed by atoms with Crippen LogP contribution in [0, 0.1) is 0 Å². The van der Waals surface area contributed by atoms with E-state index < -0.39 is 86.8 Å². The summed E-state index contributed by atoms with van der Waals surface area (Å²) in [4.78, 5) is 13.3. The molecule has 0 spiro atoms. The summed E-state index contributed by atoms with van der Waals surface area (Å²) in [5, 5.41) is 87.3. The Morgan fingerprint density at radius 2 is 0.778 bits per heavy atom. The normalized spacial score (nSPS) is 23.9. The number of rotatable bonds is 54. The zero-order chi connectivity index (χ0) is 65.2. The lowest BCUT2D eigenvalue weighted by molar-refractivity contribution is -0.359. The van der Waals surface area contributed by atoms with Crippen LogP contribution in [-0.4, -0.2) is 140 Å². The molecule has 14 heteroatoms. The number of amides is 1. The first-order chi connectivity index (χ1) is 44.1. The van der Waals surface area contributed by atoms with Gasteiger partial charge in [-0.2, -0.15) is 0 Å². The van der Waals surface area contributed by atoms with E-state index in [0.29, 0.717) is 12.8 Å². The average Bonchev–Trinajstić information content (AvgIpc) is 1.41. The van der Waals surface area contributed by atoms with Gasteiger partial charge in [-0.15, -0.1) is 0 Å². The number of ether oxygens (including phenoxy) is 4. The summed E-state index contributed by atoms with van der Waals surface area (Å²) < 4.78 is 22.8. The number of hydrogen-bond donors (Lipinski definition) is 9. The van der Waals surface area contributed by atoms with E-state index in [2.05, 4.69) is 165 Å². The molecule has 0 aliphatic carbocycles. The van der Waals surface area contributed by atoms with Crippen molar-refractivity contribution in [1.82, 2.24) is 5.32 Å². The van der Waals surface area contributed by atoms with E-state index in [0.717, 1.165) is 103 Å². The van der Waals surface area contributed by atoms with E-state index in [1.807, 2.05) is 6.08 Å². The maximum Gasteiger partial charge on any atom is 0.220 e. The largest absolute Gasteiger partial charge is 0.394 e. The minimum atomic E-state index is -1.81. The fraction of sp³-hybridized carbons (Fsp3) is 0.645. The third-order valence-corrected chi connectivity index (χ3v) is 15.7. The Kier molecular flexibility index (Phi) is 53.0. The van der Waals surface area contributed by atoms with Gasteiger partial charge >= 0.3 is 0 Å². The molecule has 0 bridgehead atoms. The molecular weight excluding hydrogens is 1130 g/mol. The number of aliphatic hydroxyl groups excluding tert-OH is 8. The second-order valence-electron chi connectivity index (χ2n) is 23.5. The molecule has 0 radical (unpaired) electrons. The van der Waals surface area contributed by atoms with Crippen LogP contribution >= 0.6 is 0 Å². The number of carbonyl (C=O) groups is 1. The predicted octanol–water partition coefficient (Wildman–Crippen LogP) is 14.2. The Hall–Kier alpha value is -4.39. The van der Waals surface area contributed by atoms with Gasteiger partial charge in [0.1, 0.15) is 48.8 Å². The number of carbonyl (C=O) groups excluding carboxylic acids is 1. The van der Waals surface area contributed by atoms with Gasteiger partial charge in [-0.05, 0) is 122 Å². The van der Waals surface area contributed by atoms with E-state index >= 15 is 0 Å². The molecule has 510 valence electrons. The second-order valence-corrected chi connectivity index (χ2v) is 23.5. The molecular formula is C76H123NO13. The van der Waals surface area contributed by atoms with Gasteiger partial charge in [-0.3, -0.25) is 4.79 Å². The third-order valence-electron chi connectivity index (χ3n) is 15.7. The Morgan fingerprint density at radius 1 is 0.411 bits per heavy atom. The number of hydrogen-bond acceptors (Lipinski definition) is 13. The third kappa shape index (κ3) is 42.0. The predicted molar refractivity (Wildman–Crippen MR) is 368 cm³/mol. The zero-order valence-electron chi connectivity index (χ0n) is 55.3. The first-order valence-electron chi connectivity index (χ1n) is 34.7. The standard InChI is InChI=1S/C76H123NO13/c1-3-5-7-9-11-13-15-17-19-21-23-25-27-28-29-30-31-32-33-34-35-36-38-40-42-44-46-48-50-52-54-56-58-60-68(81)77-64(63-87-75-73(86)71(84)74(67(62-79)89-75)90-76-72(85)70(83)69(82)66(61-78)88-76)65(80)59-57-55-53-51-49-47-45-43-41-39-37-26-24-22-20-18-16-14-12-10-8-6-4-2/h5,7,11,13,17,19,23,25,28-29,31-32,34-35,38,40-41,43-44,46,49-52,57,59,64-67,69-76,78-80,82-86H,3-4,6,8-10,12,14-16,18,20-22,24,26-27,30,33,36-37,39,42,45,47-48,53-56,58,60-63H2,1-2H3,(H,77,81)/b7-5-,13-11-,19-17-,25-23-,29-28-,32-31-,35-34-,40-38-,43-41+,46-44-,51-49+,52-50-,59-57+. The van der Waals surface area contributed by atoms with Crippen LogP contribution in [0.5, 0.6) is 0 Å². The highest BCUT2D eigenvalue weighted by Crippen LogP contribution is 2.30. The molecule has 12 unspecified atom stereocenters. The monoisotopic (exact) mass is 1260 g/mol. The summed E-state index contributed by atoms with van der Waals surface area (Å²) in [5.74, 6) is -0.302. The van der Waals surface area contributed by atoms with Crippen molar-refractivity contribution in [2.24, 2.45) is 0 Å². The second kappa shape index (κ2) is 58.4. The van der Waals surface area contributed by atoms with E-state index in [4.69, 9.17) is 18.9 Å². The Bertz CT molecular complexity index is 2120. The Morgan fingerprint density at radius 3 is 1.22 bits per heavy atom. The van der Waals surface area contributed by atoms with Crippen molar-refractivity contribution in [1.29, 1.82) is 0 Å². The Balaban J connectivity index is 1.75. The van der Waals surface area contributed by atoms with Gasteiger partial charge in [0.15, 0.2) is 12.6 Å². The van der Waals surface area contributed by atoms with Crippen molar-refractivity contribution >= 4 is 5.91 Å². The quantitative estimate of drug-likeness (QED) is 0.0204. The molecule has 90 heavy (non-hydrogen) atoms. The van der Waals surface area contributed by atoms with E-state index in [-0.39, 0.29) is 18.9 Å². The summed E-state index contributed by atoms with van der Waals surface area (Å²) in [5.41, 5.74) is 0. The van der Waals surface area contributed by atoms with Crippen LogP contribution in [0.2, 0.25) is 0 Å². The highest BCUT2D eigenvalue weighted by molar-refractivity contribution is 5.76. The SMILES string of the molecule is CC/C=C\C/C=C\C/C=C\C/C=C\C/C=C\C/C=C\C/C=C\C/C=C\C/C=C\C/C=C\CCCCC(=O)NC(COC1OC(CO)C(OC2OC(CO)C(O)C(O)C2O)C(O)C1O)C(O)/C=C/CC/C=C/CC/C=C/CCCCCCCCCCCCCCC. The molecule has 2 rings (SSSR count). The van der Waals surface area contributed by atoms with E-state index in [9.17, 15) is 45.6 Å². The highest BCUT2D eigenvalue weighted by atomic mass is 16.7. The lowest BCUT2D eigenvalue weighted by Gasteiger charge is -2.46. The zero-order valence-corrected chi connectivity index (χ0v) is 55.3. The molecule has 2 fully saturated rings. The van der Waals surface area contributed by atoms with Gasteiger partial charge < -0.3 is 65.1 Å². The molecule has 0 aromatic rings. The van der Waals surface area contributed by atoms with Crippen LogP contribution in [0.1, 0.15) is 219 Å². The van der Waals surface area contributed by atoms with Gasteiger partial charge in [0.05, 0.1) is 32.0 Å². The van der Waals surface area contributed by atoms with Gasteiger partial charge in [-0.1, -0.05) is 249 Å². The fourth-order valence-electron chi connectivity index (χ4n) is 10.2. The summed E-state index contributed by atoms with van der Waals surface area (Å²) in [7, 11) is 0. The summed E-state index contributed by atoms with van der Waals surface area (Å²) in [6.45, 7) is 2.62. The number of nitrogens with one attached hydrogen (secondary N) is 1. The van der Waals surface area contributed by atoms with Crippen molar-refractivity contribution in [2.45, 2.75) is 293 Å². The van der Waals surface area contributed by atoms with E-state index in [1.165, 1.54) is 83.5 Å². The molecule has 2 heterocycles. The first kappa shape index (κ1) is 81.7. The average molecular weight is 1260 g/mol. The van der Waals surface area contributed by atoms with Crippen molar-refractivity contribution in [3.8, 4) is 0 Å². The lowest BCUT2D eigenvalue weighted by atomic mass is 9.97. The van der Waals surface area contributed by atoms with Crippen LogP contribution in [0.25, 0.3) is 0 Å². The minimum absolute atomic E-state index is 0.203. The first-order valence-corrected chi connectivity index (χ1v) is 34.7. The molecule has 0 aromatic carbocycles. The molecule has 0 aromatic heterocycles. The highest BCUT2D eigenvalue weighted by Gasteiger charge is 2.51. The lowest BCUT2D eigenvalue weighted by Crippen LogP contribution is -2.65. The summed E-state index contributed by atoms with van der Waals surface area (Å²) in [6.07, 6.45) is 72.9. The van der Waals surface area contributed by atoms with Gasteiger partial charge in [0.25, 0.3) is 0 Å². The van der Waals surface area contributed by atoms with Crippen molar-refractivity contribution in [3.05, 3.63) is 158 Å². The van der Waals surface area contributed by atoms with Gasteiger partial charge in [0.2, 0.25) is 5.91 Å². The topological polar surface area (TPSA) is 228 Å². The molecule has 2 saturated heterocycles. The minimum Gasteiger partial charge on any atom is -0.394 e. The van der Waals surface area contributed by atoms with Crippen molar-refractivity contribution in [2.75, 3.05) is 19.8 Å². The summed E-state index contributed by atoms with van der Waals surface area (Å²) >= 11 is 0. The molecule has 2 aliphatic heterocycles. The molecule has 0 saturated carbocycles. The molecule has 2 aliphatic rings. The van der Waals surface area contributed by atoms with Gasteiger partial charge in [-0.25, -0.2) is 0 Å². The number of allylic oxidation sites excluding steroid dienone is 25. The van der Waals surface area contributed by atoms with E-state index in [1.54, 1.807) is 6.08 Å². The molecule has 14 nitrogen and oxygen atoms in total. The van der Waals surface area contributed by atoms with Crippen LogP contribution < -0.4 is 5.32 Å². The van der Waals surface area contributed by atoms with Crippen LogP contribution in [-0.2, 0) is 23.7 Å². The van der Waals surface area contributed by atoms with Crippen LogP contribution in [0.3, 0.4) is 0 Å². The van der Waals surface area contributed by atoms with Crippen LogP contribution in [0.15, 0.2) is 158 Å².